The third-order valence-electron chi connectivity index (χ3n) is 4.34. The lowest BCUT2D eigenvalue weighted by Gasteiger charge is -2.17. The minimum atomic E-state index is -0.224. The summed E-state index contributed by atoms with van der Waals surface area (Å²) in [5.41, 5.74) is 0.912. The van der Waals surface area contributed by atoms with Crippen LogP contribution in [-0.4, -0.2) is 5.97 Å². The highest BCUT2D eigenvalue weighted by Crippen LogP contribution is 2.60. The lowest BCUT2D eigenvalue weighted by atomic mass is 10.1. The fourth-order valence-electron chi connectivity index (χ4n) is 2.85. The molecule has 0 saturated heterocycles. The number of allylic oxidation sites excluding steroid dienone is 1. The molecule has 0 heterocycles. The second-order valence-corrected chi connectivity index (χ2v) is 9.38. The highest BCUT2D eigenvalue weighted by atomic mass is 79.9. The molecule has 1 aromatic carbocycles. The van der Waals surface area contributed by atoms with Crippen LogP contribution in [0.3, 0.4) is 0 Å². The lowest BCUT2D eigenvalue weighted by molar-refractivity contribution is -0.152. The van der Waals surface area contributed by atoms with Gasteiger partial charge in [0.2, 0.25) is 0 Å². The summed E-state index contributed by atoms with van der Waals surface area (Å²) in [6.45, 7) is 6.19. The summed E-state index contributed by atoms with van der Waals surface area (Å²) in [5, 5.41) is 0.681. The first-order chi connectivity index (χ1) is 10.3. The van der Waals surface area contributed by atoms with Gasteiger partial charge < -0.3 is 4.74 Å². The molecule has 120 valence electrons. The van der Waals surface area contributed by atoms with E-state index in [1.165, 1.54) is 0 Å². The smallest absolute Gasteiger partial charge is 0.310 e. The minimum Gasteiger partial charge on any atom is -0.457 e. The molecule has 2 nitrogen and oxygen atoms in total. The molecular formula is C17H19Br2ClO2. The van der Waals surface area contributed by atoms with Crippen LogP contribution < -0.4 is 0 Å². The van der Waals surface area contributed by atoms with Gasteiger partial charge in [-0.2, -0.15) is 0 Å². The first-order valence-corrected chi connectivity index (χ1v) is 9.22. The largest absolute Gasteiger partial charge is 0.457 e. The zero-order valence-electron chi connectivity index (χ0n) is 12.8. The summed E-state index contributed by atoms with van der Waals surface area (Å²) in [6.07, 6.45) is 2.54. The number of carbonyl (C=O) groups is 1. The molecule has 0 aromatic heterocycles. The van der Waals surface area contributed by atoms with Crippen molar-refractivity contribution in [3.63, 3.8) is 0 Å². The Balaban J connectivity index is 2.07. The Hall–Kier alpha value is -0.320. The molecular weight excluding hydrogens is 431 g/mol. The van der Waals surface area contributed by atoms with Gasteiger partial charge in [-0.05, 0) is 67.3 Å². The summed E-state index contributed by atoms with van der Waals surface area (Å²) >= 11 is 12.6. The van der Waals surface area contributed by atoms with Gasteiger partial charge >= 0.3 is 5.97 Å². The summed E-state index contributed by atoms with van der Waals surface area (Å²) < 4.78 is 6.63. The number of esters is 1. The van der Waals surface area contributed by atoms with E-state index >= 15 is 0 Å². The van der Waals surface area contributed by atoms with Gasteiger partial charge in [0.25, 0.3) is 0 Å². The van der Waals surface area contributed by atoms with Crippen molar-refractivity contribution in [3.8, 4) is 0 Å². The summed E-state index contributed by atoms with van der Waals surface area (Å²) in [6, 6.07) is 7.46. The number of hydrogen-bond donors (Lipinski definition) is 0. The van der Waals surface area contributed by atoms with Crippen molar-refractivity contribution in [1.29, 1.82) is 0 Å². The number of carbonyl (C=O) groups excluding carboxylic acids is 1. The number of benzene rings is 1. The van der Waals surface area contributed by atoms with Gasteiger partial charge in [0.15, 0.2) is 0 Å². The van der Waals surface area contributed by atoms with E-state index < -0.39 is 0 Å². The predicted molar refractivity (Wildman–Crippen MR) is 97.3 cm³/mol. The fraction of sp³-hybridized carbons (Fsp3) is 0.471. The van der Waals surface area contributed by atoms with E-state index in [0.717, 1.165) is 15.4 Å². The second-order valence-electron chi connectivity index (χ2n) is 6.17. The third kappa shape index (κ3) is 3.95. The zero-order chi connectivity index (χ0) is 16.5. The number of hydrogen-bond acceptors (Lipinski definition) is 2. The van der Waals surface area contributed by atoms with Crippen LogP contribution in [-0.2, 0) is 9.53 Å². The number of ether oxygens (including phenoxy) is 1. The average molecular weight is 451 g/mol. The van der Waals surface area contributed by atoms with E-state index in [2.05, 4.69) is 45.7 Å². The fourth-order valence-corrected chi connectivity index (χ4v) is 3.55. The molecule has 1 aliphatic rings. The molecule has 22 heavy (non-hydrogen) atoms. The van der Waals surface area contributed by atoms with Crippen LogP contribution in [0.2, 0.25) is 5.02 Å². The molecule has 0 radical (unpaired) electrons. The molecule has 3 atom stereocenters. The van der Waals surface area contributed by atoms with Crippen LogP contribution >= 0.6 is 43.5 Å². The lowest BCUT2D eigenvalue weighted by Crippen LogP contribution is -2.15. The number of rotatable bonds is 5. The second kappa shape index (κ2) is 7.06. The summed E-state index contributed by atoms with van der Waals surface area (Å²) in [5.74, 6) is -0.0373. The molecule has 0 spiro atoms. The van der Waals surface area contributed by atoms with Gasteiger partial charge in [0.1, 0.15) is 6.10 Å². The normalized spacial score (nSPS) is 23.5. The maximum atomic E-state index is 12.5. The maximum absolute atomic E-state index is 12.5. The summed E-state index contributed by atoms with van der Waals surface area (Å²) in [7, 11) is 0. The summed E-state index contributed by atoms with van der Waals surface area (Å²) in [4.78, 5) is 12.5. The molecule has 5 heteroatoms. The standard InChI is InChI=1S/C17H19Br2ClO2/c1-4-13(10-5-7-11(20)8-6-10)22-16(21)15-12(9-14(18)19)17(15,2)3/h5-9,12-13,15H,4H2,1-3H3. The molecule has 0 amide bonds. The molecule has 0 aliphatic heterocycles. The molecule has 2 rings (SSSR count). The van der Waals surface area contributed by atoms with Crippen LogP contribution in [0.25, 0.3) is 0 Å². The van der Waals surface area contributed by atoms with Crippen LogP contribution in [0.15, 0.2) is 33.7 Å². The molecule has 1 fully saturated rings. The molecule has 1 saturated carbocycles. The SMILES string of the molecule is CCC(OC(=O)C1C(C=C(Br)Br)C1(C)C)c1ccc(Cl)cc1. The molecule has 0 N–H and O–H groups in total. The van der Waals surface area contributed by atoms with E-state index in [4.69, 9.17) is 16.3 Å². The van der Waals surface area contributed by atoms with Crippen molar-refractivity contribution < 1.29 is 9.53 Å². The Kier molecular flexibility index (Phi) is 5.79. The van der Waals surface area contributed by atoms with E-state index in [1.54, 1.807) is 0 Å². The van der Waals surface area contributed by atoms with Crippen molar-refractivity contribution in [2.75, 3.05) is 0 Å². The van der Waals surface area contributed by atoms with Crippen molar-refractivity contribution in [2.24, 2.45) is 17.3 Å². The van der Waals surface area contributed by atoms with Gasteiger partial charge in [-0.3, -0.25) is 4.79 Å². The molecule has 0 bridgehead atoms. The maximum Gasteiger partial charge on any atom is 0.310 e. The molecule has 1 aromatic rings. The highest BCUT2D eigenvalue weighted by molar-refractivity contribution is 9.28. The first-order valence-electron chi connectivity index (χ1n) is 7.26. The van der Waals surface area contributed by atoms with Crippen LogP contribution in [0.1, 0.15) is 38.9 Å². The monoisotopic (exact) mass is 448 g/mol. The van der Waals surface area contributed by atoms with Gasteiger partial charge in [-0.25, -0.2) is 0 Å². The van der Waals surface area contributed by atoms with Crippen molar-refractivity contribution in [3.05, 3.63) is 44.3 Å². The molecule has 1 aliphatic carbocycles. The van der Waals surface area contributed by atoms with Gasteiger partial charge in [-0.1, -0.05) is 50.6 Å². The predicted octanol–water partition coefficient (Wildman–Crippen LogP) is 6.24. The third-order valence-corrected chi connectivity index (χ3v) is 5.12. The highest BCUT2D eigenvalue weighted by Gasteiger charge is 2.61. The minimum absolute atomic E-state index is 0.0673. The Morgan fingerprint density at radius 2 is 1.95 bits per heavy atom. The van der Waals surface area contributed by atoms with E-state index in [0.29, 0.717) is 5.02 Å². The van der Waals surface area contributed by atoms with Crippen molar-refractivity contribution in [1.82, 2.24) is 0 Å². The quantitative estimate of drug-likeness (QED) is 0.497. The van der Waals surface area contributed by atoms with Crippen molar-refractivity contribution in [2.45, 2.75) is 33.3 Å². The van der Waals surface area contributed by atoms with Crippen LogP contribution in [0.5, 0.6) is 0 Å². The van der Waals surface area contributed by atoms with Crippen LogP contribution in [0, 0.1) is 17.3 Å². The Morgan fingerprint density at radius 1 is 1.36 bits per heavy atom. The van der Waals surface area contributed by atoms with E-state index in [1.807, 2.05) is 37.3 Å². The average Bonchev–Trinajstić information content (AvgIpc) is 2.97. The van der Waals surface area contributed by atoms with Gasteiger partial charge in [0.05, 0.1) is 9.31 Å². The van der Waals surface area contributed by atoms with Crippen molar-refractivity contribution >= 4 is 49.4 Å². The molecule has 3 unspecified atom stereocenters. The van der Waals surface area contributed by atoms with E-state index in [-0.39, 0.29) is 29.3 Å². The zero-order valence-corrected chi connectivity index (χ0v) is 16.7. The van der Waals surface area contributed by atoms with Crippen LogP contribution in [0.4, 0.5) is 0 Å². The Labute approximate surface area is 153 Å². The van der Waals surface area contributed by atoms with Gasteiger partial charge in [-0.15, -0.1) is 0 Å². The van der Waals surface area contributed by atoms with Gasteiger partial charge in [0, 0.05) is 5.02 Å². The Morgan fingerprint density at radius 3 is 2.45 bits per heavy atom. The Bertz CT molecular complexity index is 577. The first kappa shape index (κ1) is 18.0. The topological polar surface area (TPSA) is 26.3 Å². The van der Waals surface area contributed by atoms with E-state index in [9.17, 15) is 4.79 Å². The number of halogens is 3.